The standard InChI is InChI=1S/C46H51F3N8O5/c1-27-18-33-31-4-2-3-5-35(31)51-40(33)41(57(27)26-46(47,48)49)36-8-6-29(20-50-36)54-14-12-45(13-15-54)19-28(24-62-45)21-53-16-17-55-30(22-53)25-61-42-34-23-56(38-10-11-39(58)52-43(38)59)44(60)32(34)7-9-37(42)55/h2-9,20,27-28,30,38,41,51H,10-19,21-26H2,1H3,(H,52,58,59)/t27-,28?,30-,38+,41-/m1/s1. The molecule has 0 aliphatic carbocycles. The van der Waals surface area contributed by atoms with E-state index in [1.807, 2.05) is 61.7 Å². The Morgan fingerprint density at radius 3 is 2.58 bits per heavy atom. The van der Waals surface area contributed by atoms with Gasteiger partial charge in [-0.2, -0.15) is 13.2 Å². The zero-order valence-electron chi connectivity index (χ0n) is 34.8. The Labute approximate surface area is 357 Å². The van der Waals surface area contributed by atoms with Gasteiger partial charge < -0.3 is 29.2 Å². The summed E-state index contributed by atoms with van der Waals surface area (Å²) in [5.74, 6) is 0.235. The van der Waals surface area contributed by atoms with E-state index in [9.17, 15) is 27.6 Å². The van der Waals surface area contributed by atoms with Crippen LogP contribution in [0.25, 0.3) is 10.9 Å². The van der Waals surface area contributed by atoms with Gasteiger partial charge in [0, 0.05) is 79.5 Å². The maximum atomic E-state index is 14.0. The highest BCUT2D eigenvalue weighted by Crippen LogP contribution is 2.46. The second-order valence-corrected chi connectivity index (χ2v) is 18.6. The van der Waals surface area contributed by atoms with Gasteiger partial charge in [-0.1, -0.05) is 18.2 Å². The molecule has 2 N–H and O–H groups in total. The van der Waals surface area contributed by atoms with Crippen LogP contribution in [0.1, 0.15) is 77.9 Å². The number of alkyl halides is 3. The predicted octanol–water partition coefficient (Wildman–Crippen LogP) is 5.18. The molecular weight excluding hydrogens is 802 g/mol. The van der Waals surface area contributed by atoms with Crippen molar-refractivity contribution in [2.45, 2.75) is 87.9 Å². The minimum absolute atomic E-state index is 0.162. The molecule has 0 bridgehead atoms. The molecule has 2 aromatic heterocycles. The van der Waals surface area contributed by atoms with Gasteiger partial charge in [0.1, 0.15) is 18.4 Å². The van der Waals surface area contributed by atoms with Crippen molar-refractivity contribution >= 4 is 40.0 Å². The van der Waals surface area contributed by atoms with E-state index in [4.69, 9.17) is 14.5 Å². The van der Waals surface area contributed by atoms with E-state index in [1.165, 1.54) is 4.90 Å². The number of ether oxygens (including phenoxy) is 2. The fourth-order valence-corrected chi connectivity index (χ4v) is 11.7. The number of piperidine rings is 2. The van der Waals surface area contributed by atoms with Gasteiger partial charge in [0.25, 0.3) is 5.91 Å². The summed E-state index contributed by atoms with van der Waals surface area (Å²) in [6, 6.07) is 14.3. The normalized spacial score (nSPS) is 27.6. The van der Waals surface area contributed by atoms with Gasteiger partial charge >= 0.3 is 6.18 Å². The third-order valence-corrected chi connectivity index (χ3v) is 14.7. The average molecular weight is 853 g/mol. The van der Waals surface area contributed by atoms with E-state index in [0.717, 1.165) is 110 Å². The van der Waals surface area contributed by atoms with Crippen LogP contribution >= 0.6 is 0 Å². The number of rotatable bonds is 6. The SMILES string of the molecule is C[C@@H]1Cc2c([nH]c3ccccc23)[C@@H](c2ccc(N3CCC4(CC3)CC(CN3CCN5c6ccc7c(c6OC[C@H]5C3)CN([C@H]3CCC(=O)NC3=O)C7=O)CO4)cn2)N1CC(F)(F)F. The third-order valence-electron chi connectivity index (χ3n) is 14.7. The minimum Gasteiger partial charge on any atom is -0.489 e. The van der Waals surface area contributed by atoms with Gasteiger partial charge in [0.05, 0.1) is 60.6 Å². The molecule has 7 aliphatic rings. The molecule has 2 aromatic carbocycles. The molecule has 1 unspecified atom stereocenters. The number of hydrogen-bond acceptors (Lipinski definition) is 10. The molecule has 4 saturated heterocycles. The van der Waals surface area contributed by atoms with Crippen LogP contribution in [-0.2, 0) is 27.3 Å². The van der Waals surface area contributed by atoms with E-state index >= 15 is 0 Å². The Hall–Kier alpha value is -5.19. The van der Waals surface area contributed by atoms with Crippen LogP contribution in [0.2, 0.25) is 0 Å². The molecule has 5 atom stereocenters. The molecule has 326 valence electrons. The lowest BCUT2D eigenvalue weighted by Crippen LogP contribution is -2.58. The van der Waals surface area contributed by atoms with Gasteiger partial charge in [-0.25, -0.2) is 0 Å². The fraction of sp³-hybridized carbons (Fsp3) is 0.522. The molecule has 4 fully saturated rings. The van der Waals surface area contributed by atoms with Crippen molar-refractivity contribution in [3.05, 3.63) is 82.8 Å². The van der Waals surface area contributed by atoms with Crippen molar-refractivity contribution in [2.75, 3.05) is 68.8 Å². The molecule has 1 spiro atoms. The number of piperazine rings is 1. The number of pyridine rings is 1. The molecular formula is C46H51F3N8O5. The summed E-state index contributed by atoms with van der Waals surface area (Å²) in [7, 11) is 0. The first-order valence-electron chi connectivity index (χ1n) is 22.1. The number of para-hydroxylation sites is 1. The number of aromatic nitrogens is 2. The summed E-state index contributed by atoms with van der Waals surface area (Å²) >= 11 is 0. The second-order valence-electron chi connectivity index (χ2n) is 18.6. The number of aromatic amines is 1. The lowest BCUT2D eigenvalue weighted by molar-refractivity contribution is -0.155. The van der Waals surface area contributed by atoms with Crippen LogP contribution in [0, 0.1) is 5.92 Å². The molecule has 4 aromatic rings. The van der Waals surface area contributed by atoms with Gasteiger partial charge in [-0.15, -0.1) is 0 Å². The zero-order chi connectivity index (χ0) is 42.5. The Morgan fingerprint density at radius 2 is 1.79 bits per heavy atom. The van der Waals surface area contributed by atoms with Crippen molar-refractivity contribution < 1.29 is 37.0 Å². The Bertz CT molecular complexity index is 2430. The molecule has 7 aliphatic heterocycles. The number of imide groups is 1. The Morgan fingerprint density at radius 1 is 0.952 bits per heavy atom. The van der Waals surface area contributed by atoms with Gasteiger partial charge in [-0.3, -0.25) is 34.5 Å². The van der Waals surface area contributed by atoms with E-state index in [0.29, 0.717) is 43.2 Å². The van der Waals surface area contributed by atoms with Crippen molar-refractivity contribution in [3.8, 4) is 5.75 Å². The predicted molar refractivity (Wildman–Crippen MR) is 224 cm³/mol. The molecule has 16 heteroatoms. The number of nitrogens with zero attached hydrogens (tertiary/aromatic N) is 6. The third kappa shape index (κ3) is 6.89. The van der Waals surface area contributed by atoms with Crippen molar-refractivity contribution in [2.24, 2.45) is 5.92 Å². The number of benzene rings is 2. The van der Waals surface area contributed by atoms with Gasteiger partial charge in [0.2, 0.25) is 11.8 Å². The fourth-order valence-electron chi connectivity index (χ4n) is 11.7. The second kappa shape index (κ2) is 15.0. The number of hydrogen-bond donors (Lipinski definition) is 2. The summed E-state index contributed by atoms with van der Waals surface area (Å²) in [5, 5.41) is 3.43. The maximum Gasteiger partial charge on any atom is 0.401 e. The number of fused-ring (bicyclic) bond motifs is 8. The Balaban J connectivity index is 0.706. The largest absolute Gasteiger partial charge is 0.489 e. The number of halogens is 3. The maximum absolute atomic E-state index is 14.0. The number of anilines is 2. The van der Waals surface area contributed by atoms with Crippen LogP contribution in [-0.4, -0.2) is 131 Å². The number of amides is 3. The molecule has 0 saturated carbocycles. The highest BCUT2D eigenvalue weighted by Gasteiger charge is 2.47. The molecule has 11 rings (SSSR count). The van der Waals surface area contributed by atoms with E-state index < -0.39 is 30.7 Å². The monoisotopic (exact) mass is 852 g/mol. The lowest BCUT2D eigenvalue weighted by Gasteiger charge is -2.46. The summed E-state index contributed by atoms with van der Waals surface area (Å²) in [5.41, 5.74) is 6.59. The van der Waals surface area contributed by atoms with Gasteiger partial charge in [-0.05, 0) is 80.8 Å². The lowest BCUT2D eigenvalue weighted by atomic mass is 9.85. The molecule has 13 nitrogen and oxygen atoms in total. The highest BCUT2D eigenvalue weighted by atomic mass is 19.4. The molecule has 3 amide bonds. The number of H-pyrrole nitrogens is 1. The Kier molecular flexibility index (Phi) is 9.58. The summed E-state index contributed by atoms with van der Waals surface area (Å²) in [6.07, 6.45) is 1.37. The average Bonchev–Trinajstić information content (AvgIpc) is 3.93. The van der Waals surface area contributed by atoms with Gasteiger partial charge in [0.15, 0.2) is 0 Å². The minimum atomic E-state index is -4.34. The van der Waals surface area contributed by atoms with E-state index in [1.54, 1.807) is 4.90 Å². The van der Waals surface area contributed by atoms with E-state index in [2.05, 4.69) is 25.0 Å². The first kappa shape index (κ1) is 39.6. The van der Waals surface area contributed by atoms with Crippen molar-refractivity contribution in [1.29, 1.82) is 0 Å². The van der Waals surface area contributed by atoms with Crippen LogP contribution in [0.5, 0.6) is 5.75 Å². The van der Waals surface area contributed by atoms with Crippen molar-refractivity contribution in [1.82, 2.24) is 30.0 Å². The number of nitrogens with one attached hydrogen (secondary N) is 2. The summed E-state index contributed by atoms with van der Waals surface area (Å²) in [4.78, 5) is 56.4. The van der Waals surface area contributed by atoms with Crippen molar-refractivity contribution in [3.63, 3.8) is 0 Å². The highest BCUT2D eigenvalue weighted by molar-refractivity contribution is 6.06. The number of carbonyl (C=O) groups excluding carboxylic acids is 3. The van der Waals surface area contributed by atoms with Crippen LogP contribution in [0.3, 0.4) is 0 Å². The van der Waals surface area contributed by atoms with E-state index in [-0.39, 0.29) is 35.9 Å². The first-order chi connectivity index (χ1) is 29.9. The first-order valence-corrected chi connectivity index (χ1v) is 22.1. The molecule has 9 heterocycles. The van der Waals surface area contributed by atoms with Crippen LogP contribution < -0.4 is 19.9 Å². The topological polar surface area (TPSA) is 127 Å². The zero-order valence-corrected chi connectivity index (χ0v) is 34.8. The molecule has 62 heavy (non-hydrogen) atoms. The number of carbonyl (C=O) groups is 3. The summed E-state index contributed by atoms with van der Waals surface area (Å²) < 4.78 is 54.9. The van der Waals surface area contributed by atoms with Crippen LogP contribution in [0.15, 0.2) is 54.7 Å². The molecule has 0 radical (unpaired) electrons. The van der Waals surface area contributed by atoms with Crippen LogP contribution in [0.4, 0.5) is 24.5 Å². The quantitative estimate of drug-likeness (QED) is 0.251. The smallest absolute Gasteiger partial charge is 0.401 e. The summed E-state index contributed by atoms with van der Waals surface area (Å²) in [6.45, 7) is 7.61.